The highest BCUT2D eigenvalue weighted by molar-refractivity contribution is 6.08. The third-order valence-electron chi connectivity index (χ3n) is 2.83. The second kappa shape index (κ2) is 5.50. The molecule has 3 nitrogen and oxygen atoms in total. The predicted molar refractivity (Wildman–Crippen MR) is 69.5 cm³/mol. The standard InChI is InChI=1S/C13H13BFN3/c14-4-3-12-7-17-9-18(12)8-11-2-1-10(6-16)5-13(11)15/h1-2,5,7,9H,3-4,8,14H2. The van der Waals surface area contributed by atoms with E-state index in [9.17, 15) is 4.39 Å². The summed E-state index contributed by atoms with van der Waals surface area (Å²) >= 11 is 0. The Hall–Kier alpha value is -2.09. The van der Waals surface area contributed by atoms with Gasteiger partial charge in [-0.2, -0.15) is 5.26 Å². The molecule has 0 aliphatic rings. The van der Waals surface area contributed by atoms with Crippen molar-refractivity contribution in [2.75, 3.05) is 0 Å². The number of nitriles is 1. The molecule has 0 aliphatic heterocycles. The van der Waals surface area contributed by atoms with Gasteiger partial charge in [-0.1, -0.05) is 12.4 Å². The number of benzene rings is 1. The molecule has 0 aliphatic carbocycles. The SMILES string of the molecule is BCCc1cncn1Cc1ccc(C#N)cc1F. The number of hydrogen-bond acceptors (Lipinski definition) is 2. The van der Waals surface area contributed by atoms with Crippen LogP contribution >= 0.6 is 0 Å². The Balaban J connectivity index is 2.23. The molecule has 1 aromatic carbocycles. The summed E-state index contributed by atoms with van der Waals surface area (Å²) in [6.07, 6.45) is 5.48. The van der Waals surface area contributed by atoms with Crippen LogP contribution in [0.5, 0.6) is 0 Å². The molecule has 0 amide bonds. The first kappa shape index (κ1) is 12.4. The number of nitrogens with zero attached hydrogens (tertiary/aromatic N) is 3. The summed E-state index contributed by atoms with van der Waals surface area (Å²) in [5.74, 6) is -0.342. The van der Waals surface area contributed by atoms with Gasteiger partial charge in [0.15, 0.2) is 0 Å². The lowest BCUT2D eigenvalue weighted by molar-refractivity contribution is 0.595. The van der Waals surface area contributed by atoms with Crippen LogP contribution in [0.25, 0.3) is 0 Å². The Labute approximate surface area is 106 Å². The van der Waals surface area contributed by atoms with Crippen molar-refractivity contribution < 1.29 is 4.39 Å². The molecule has 1 heterocycles. The van der Waals surface area contributed by atoms with Gasteiger partial charge in [0.25, 0.3) is 0 Å². The molecule has 0 fully saturated rings. The summed E-state index contributed by atoms with van der Waals surface area (Å²) in [6, 6.07) is 6.49. The Morgan fingerprint density at radius 3 is 2.94 bits per heavy atom. The highest BCUT2D eigenvalue weighted by Crippen LogP contribution is 2.13. The zero-order valence-electron chi connectivity index (χ0n) is 10.2. The van der Waals surface area contributed by atoms with Gasteiger partial charge in [0.2, 0.25) is 0 Å². The Kier molecular flexibility index (Phi) is 3.78. The van der Waals surface area contributed by atoms with Crippen LogP contribution in [0.3, 0.4) is 0 Å². The van der Waals surface area contributed by atoms with Crippen LogP contribution in [-0.4, -0.2) is 17.4 Å². The van der Waals surface area contributed by atoms with Gasteiger partial charge < -0.3 is 4.57 Å². The van der Waals surface area contributed by atoms with Crippen LogP contribution in [-0.2, 0) is 13.0 Å². The molecule has 5 heteroatoms. The van der Waals surface area contributed by atoms with Crippen molar-refractivity contribution in [1.82, 2.24) is 9.55 Å². The first-order chi connectivity index (χ1) is 8.74. The molecule has 0 saturated heterocycles. The van der Waals surface area contributed by atoms with E-state index in [1.165, 1.54) is 6.07 Å². The van der Waals surface area contributed by atoms with Crippen LogP contribution < -0.4 is 0 Å². The maximum absolute atomic E-state index is 13.8. The lowest BCUT2D eigenvalue weighted by Gasteiger charge is -2.08. The molecule has 0 saturated carbocycles. The molecule has 2 aromatic rings. The van der Waals surface area contributed by atoms with Gasteiger partial charge in [0.05, 0.1) is 24.5 Å². The van der Waals surface area contributed by atoms with E-state index in [2.05, 4.69) is 12.8 Å². The minimum Gasteiger partial charge on any atom is -0.330 e. The fourth-order valence-corrected chi connectivity index (χ4v) is 1.88. The van der Waals surface area contributed by atoms with Crippen LogP contribution in [0.1, 0.15) is 16.8 Å². The first-order valence-corrected chi connectivity index (χ1v) is 5.92. The number of aromatic nitrogens is 2. The molecule has 0 N–H and O–H groups in total. The molecule has 0 radical (unpaired) electrons. The summed E-state index contributed by atoms with van der Waals surface area (Å²) in [5, 5.41) is 8.69. The minimum atomic E-state index is -0.342. The van der Waals surface area contributed by atoms with E-state index in [1.54, 1.807) is 18.5 Å². The van der Waals surface area contributed by atoms with Gasteiger partial charge in [-0.05, 0) is 18.6 Å². The third kappa shape index (κ3) is 2.59. The molecule has 1 aromatic heterocycles. The highest BCUT2D eigenvalue weighted by atomic mass is 19.1. The average molecular weight is 241 g/mol. The maximum Gasteiger partial charge on any atom is 0.129 e. The molecule has 2 rings (SSSR count). The number of aryl methyl sites for hydroxylation is 1. The van der Waals surface area contributed by atoms with Crippen molar-refractivity contribution >= 4 is 7.85 Å². The van der Waals surface area contributed by atoms with Crippen molar-refractivity contribution in [3.63, 3.8) is 0 Å². The Morgan fingerprint density at radius 2 is 2.28 bits per heavy atom. The van der Waals surface area contributed by atoms with E-state index in [4.69, 9.17) is 5.26 Å². The van der Waals surface area contributed by atoms with Gasteiger partial charge in [-0.3, -0.25) is 0 Å². The van der Waals surface area contributed by atoms with Gasteiger partial charge in [-0.25, -0.2) is 9.37 Å². The van der Waals surface area contributed by atoms with Crippen LogP contribution in [0.15, 0.2) is 30.7 Å². The van der Waals surface area contributed by atoms with Crippen LogP contribution in [0.2, 0.25) is 6.32 Å². The largest absolute Gasteiger partial charge is 0.330 e. The second-order valence-electron chi connectivity index (χ2n) is 4.18. The van der Waals surface area contributed by atoms with E-state index in [-0.39, 0.29) is 5.82 Å². The quantitative estimate of drug-likeness (QED) is 0.762. The summed E-state index contributed by atoms with van der Waals surface area (Å²) in [4.78, 5) is 4.09. The van der Waals surface area contributed by atoms with E-state index < -0.39 is 0 Å². The summed E-state index contributed by atoms with van der Waals surface area (Å²) in [5.41, 5.74) is 2.02. The fourth-order valence-electron chi connectivity index (χ4n) is 1.88. The highest BCUT2D eigenvalue weighted by Gasteiger charge is 2.07. The van der Waals surface area contributed by atoms with Gasteiger partial charge >= 0.3 is 0 Å². The summed E-state index contributed by atoms with van der Waals surface area (Å²) in [7, 11) is 2.10. The van der Waals surface area contributed by atoms with E-state index in [1.807, 2.05) is 16.8 Å². The van der Waals surface area contributed by atoms with Crippen molar-refractivity contribution in [2.24, 2.45) is 0 Å². The lowest BCUT2D eigenvalue weighted by Crippen LogP contribution is -2.05. The zero-order chi connectivity index (χ0) is 13.0. The molecular formula is C13H13BFN3. The Bertz CT molecular complexity index is 586. The Morgan fingerprint density at radius 1 is 1.44 bits per heavy atom. The molecule has 90 valence electrons. The second-order valence-corrected chi connectivity index (χ2v) is 4.18. The maximum atomic E-state index is 13.8. The fraction of sp³-hybridized carbons (Fsp3) is 0.231. The van der Waals surface area contributed by atoms with Gasteiger partial charge in [-0.15, -0.1) is 0 Å². The predicted octanol–water partition coefficient (Wildman–Crippen LogP) is 1.54. The normalized spacial score (nSPS) is 10.2. The monoisotopic (exact) mass is 241 g/mol. The molecule has 0 atom stereocenters. The van der Waals surface area contributed by atoms with E-state index in [0.717, 1.165) is 18.4 Å². The summed E-state index contributed by atoms with van der Waals surface area (Å²) in [6.45, 7) is 0.451. The molecule has 18 heavy (non-hydrogen) atoms. The number of halogens is 1. The average Bonchev–Trinajstić information content (AvgIpc) is 2.80. The minimum absolute atomic E-state index is 0.342. The van der Waals surface area contributed by atoms with Crippen molar-refractivity contribution in [3.8, 4) is 6.07 Å². The van der Waals surface area contributed by atoms with Crippen LogP contribution in [0.4, 0.5) is 4.39 Å². The van der Waals surface area contributed by atoms with Crippen LogP contribution in [0, 0.1) is 17.1 Å². The third-order valence-corrected chi connectivity index (χ3v) is 2.83. The van der Waals surface area contributed by atoms with Crippen molar-refractivity contribution in [2.45, 2.75) is 19.3 Å². The summed E-state index contributed by atoms with van der Waals surface area (Å²) < 4.78 is 15.7. The zero-order valence-corrected chi connectivity index (χ0v) is 10.2. The van der Waals surface area contributed by atoms with Gasteiger partial charge in [0.1, 0.15) is 13.7 Å². The lowest BCUT2D eigenvalue weighted by atomic mass is 10.0. The first-order valence-electron chi connectivity index (χ1n) is 5.92. The molecule has 0 spiro atoms. The molecule has 0 bridgehead atoms. The smallest absolute Gasteiger partial charge is 0.129 e. The number of imidazole rings is 1. The number of rotatable bonds is 4. The van der Waals surface area contributed by atoms with E-state index in [0.29, 0.717) is 17.7 Å². The topological polar surface area (TPSA) is 41.6 Å². The van der Waals surface area contributed by atoms with Gasteiger partial charge in [0, 0.05) is 17.5 Å². The van der Waals surface area contributed by atoms with Crippen molar-refractivity contribution in [3.05, 3.63) is 53.4 Å². The molecule has 0 unspecified atom stereocenters. The van der Waals surface area contributed by atoms with Crippen molar-refractivity contribution in [1.29, 1.82) is 5.26 Å². The number of hydrogen-bond donors (Lipinski definition) is 0. The molecular weight excluding hydrogens is 228 g/mol. The van der Waals surface area contributed by atoms with E-state index >= 15 is 0 Å².